The molecule has 0 amide bonds. The highest BCUT2D eigenvalue weighted by Gasteiger charge is 2.16. The lowest BCUT2D eigenvalue weighted by Gasteiger charge is -1.94. The fourth-order valence-corrected chi connectivity index (χ4v) is 2.45. The van der Waals surface area contributed by atoms with Gasteiger partial charge in [0.05, 0.1) is 19.0 Å². The highest BCUT2D eigenvalue weighted by molar-refractivity contribution is 7.18. The number of nitrogen functional groups attached to an aromatic ring is 1. The molecule has 2 aromatic heterocycles. The average Bonchev–Trinajstić information content (AvgIpc) is 2.83. The first-order valence-corrected chi connectivity index (χ1v) is 5.43. The Morgan fingerprint density at radius 2 is 2.38 bits per heavy atom. The lowest BCUT2D eigenvalue weighted by Crippen LogP contribution is -2.00. The van der Waals surface area contributed by atoms with Crippen molar-refractivity contribution in [3.63, 3.8) is 0 Å². The number of thiophene rings is 1. The molecule has 2 rings (SSSR count). The molecule has 0 spiro atoms. The molecular formula is C10H11N3O2S. The maximum absolute atomic E-state index is 11.4. The van der Waals surface area contributed by atoms with Crippen molar-refractivity contribution in [1.29, 1.82) is 0 Å². The van der Waals surface area contributed by atoms with E-state index in [1.165, 1.54) is 18.4 Å². The van der Waals surface area contributed by atoms with E-state index in [1.54, 1.807) is 12.3 Å². The van der Waals surface area contributed by atoms with Gasteiger partial charge < -0.3 is 10.5 Å². The molecule has 0 aliphatic rings. The van der Waals surface area contributed by atoms with Crippen LogP contribution in [-0.4, -0.2) is 23.3 Å². The molecule has 2 aromatic rings. The fourth-order valence-electron chi connectivity index (χ4n) is 1.39. The second kappa shape index (κ2) is 3.97. The molecule has 2 heterocycles. The summed E-state index contributed by atoms with van der Waals surface area (Å²) in [6, 6.07) is 1.76. The minimum absolute atomic E-state index is 0.408. The van der Waals surface area contributed by atoms with Crippen molar-refractivity contribution < 1.29 is 9.53 Å². The Morgan fingerprint density at radius 3 is 2.94 bits per heavy atom. The van der Waals surface area contributed by atoms with Crippen LogP contribution < -0.4 is 5.73 Å². The van der Waals surface area contributed by atoms with E-state index in [2.05, 4.69) is 14.9 Å². The SMILES string of the molecule is COC(=O)c1sc(-c2cn[nH]c2C)cc1N. The molecule has 16 heavy (non-hydrogen) atoms. The Balaban J connectivity index is 2.46. The lowest BCUT2D eigenvalue weighted by molar-refractivity contribution is 0.0607. The van der Waals surface area contributed by atoms with Gasteiger partial charge in [0.15, 0.2) is 0 Å². The zero-order valence-corrected chi connectivity index (χ0v) is 9.72. The van der Waals surface area contributed by atoms with Gasteiger partial charge in [-0.15, -0.1) is 11.3 Å². The number of carbonyl (C=O) groups is 1. The first-order chi connectivity index (χ1) is 7.63. The van der Waals surface area contributed by atoms with E-state index in [1.807, 2.05) is 6.92 Å². The van der Waals surface area contributed by atoms with Gasteiger partial charge in [0.1, 0.15) is 4.88 Å². The molecular weight excluding hydrogens is 226 g/mol. The van der Waals surface area contributed by atoms with Gasteiger partial charge in [0, 0.05) is 16.1 Å². The molecule has 6 heteroatoms. The van der Waals surface area contributed by atoms with Crippen LogP contribution in [0, 0.1) is 6.92 Å². The third-order valence-electron chi connectivity index (χ3n) is 2.23. The van der Waals surface area contributed by atoms with Crippen molar-refractivity contribution in [2.24, 2.45) is 0 Å². The van der Waals surface area contributed by atoms with E-state index in [-0.39, 0.29) is 0 Å². The number of nitrogens with two attached hydrogens (primary N) is 1. The van der Waals surface area contributed by atoms with E-state index >= 15 is 0 Å². The summed E-state index contributed by atoms with van der Waals surface area (Å²) in [4.78, 5) is 12.7. The number of carbonyl (C=O) groups excluding carboxylic acids is 1. The Morgan fingerprint density at radius 1 is 1.62 bits per heavy atom. The molecule has 0 bridgehead atoms. The minimum atomic E-state index is -0.408. The number of esters is 1. The van der Waals surface area contributed by atoms with Gasteiger partial charge in [0.25, 0.3) is 0 Å². The number of rotatable bonds is 2. The number of hydrogen-bond acceptors (Lipinski definition) is 5. The third-order valence-corrected chi connectivity index (χ3v) is 3.39. The Labute approximate surface area is 96.2 Å². The van der Waals surface area contributed by atoms with Crippen molar-refractivity contribution in [2.75, 3.05) is 12.8 Å². The average molecular weight is 237 g/mol. The number of ether oxygens (including phenoxy) is 1. The molecule has 0 fully saturated rings. The van der Waals surface area contributed by atoms with E-state index in [4.69, 9.17) is 5.73 Å². The number of aryl methyl sites for hydroxylation is 1. The summed E-state index contributed by atoms with van der Waals surface area (Å²) in [5.41, 5.74) is 8.08. The monoisotopic (exact) mass is 237 g/mol. The largest absolute Gasteiger partial charge is 0.465 e. The van der Waals surface area contributed by atoms with Gasteiger partial charge in [-0.25, -0.2) is 4.79 Å². The van der Waals surface area contributed by atoms with E-state index in [0.717, 1.165) is 16.1 Å². The summed E-state index contributed by atoms with van der Waals surface area (Å²) < 4.78 is 4.65. The number of aromatic nitrogens is 2. The van der Waals surface area contributed by atoms with Crippen molar-refractivity contribution in [3.05, 3.63) is 22.8 Å². The maximum Gasteiger partial charge on any atom is 0.350 e. The molecule has 0 saturated heterocycles. The summed E-state index contributed by atoms with van der Waals surface area (Å²) in [6.45, 7) is 1.91. The standard InChI is InChI=1S/C10H11N3O2S/c1-5-6(4-12-13-5)8-3-7(11)9(16-8)10(14)15-2/h3-4H,11H2,1-2H3,(H,12,13). The summed E-state index contributed by atoms with van der Waals surface area (Å²) in [5.74, 6) is -0.408. The number of methoxy groups -OCH3 is 1. The van der Waals surface area contributed by atoms with Crippen molar-refractivity contribution in [2.45, 2.75) is 6.92 Å². The van der Waals surface area contributed by atoms with Crippen molar-refractivity contribution in [3.8, 4) is 10.4 Å². The number of nitrogens with zero attached hydrogens (tertiary/aromatic N) is 1. The van der Waals surface area contributed by atoms with Gasteiger partial charge in [-0.05, 0) is 13.0 Å². The van der Waals surface area contributed by atoms with Crippen molar-refractivity contribution >= 4 is 23.0 Å². The predicted molar refractivity (Wildman–Crippen MR) is 62.4 cm³/mol. The van der Waals surface area contributed by atoms with Crippen LogP contribution in [0.3, 0.4) is 0 Å². The third kappa shape index (κ3) is 1.67. The van der Waals surface area contributed by atoms with Gasteiger partial charge >= 0.3 is 5.97 Å². The molecule has 0 saturated carbocycles. The first-order valence-electron chi connectivity index (χ1n) is 4.61. The van der Waals surface area contributed by atoms with E-state index in [0.29, 0.717) is 10.6 Å². The van der Waals surface area contributed by atoms with Gasteiger partial charge in [0.2, 0.25) is 0 Å². The van der Waals surface area contributed by atoms with E-state index < -0.39 is 5.97 Å². The van der Waals surface area contributed by atoms with Crippen LogP contribution in [-0.2, 0) is 4.74 Å². The Bertz CT molecular complexity index is 530. The van der Waals surface area contributed by atoms with Crippen LogP contribution in [0.25, 0.3) is 10.4 Å². The molecule has 0 aromatic carbocycles. The number of aromatic amines is 1. The fraction of sp³-hybridized carbons (Fsp3) is 0.200. The number of nitrogens with one attached hydrogen (secondary N) is 1. The Kier molecular flexibility index (Phi) is 2.66. The molecule has 0 unspecified atom stereocenters. The van der Waals surface area contributed by atoms with Crippen LogP contribution in [0.15, 0.2) is 12.3 Å². The highest BCUT2D eigenvalue weighted by Crippen LogP contribution is 2.34. The number of H-pyrrole nitrogens is 1. The molecule has 5 nitrogen and oxygen atoms in total. The smallest absolute Gasteiger partial charge is 0.350 e. The van der Waals surface area contributed by atoms with Crippen LogP contribution in [0.5, 0.6) is 0 Å². The minimum Gasteiger partial charge on any atom is -0.465 e. The van der Waals surface area contributed by atoms with Crippen LogP contribution in [0.1, 0.15) is 15.4 Å². The summed E-state index contributed by atoms with van der Waals surface area (Å²) in [7, 11) is 1.34. The maximum atomic E-state index is 11.4. The zero-order chi connectivity index (χ0) is 11.7. The normalized spacial score (nSPS) is 10.4. The zero-order valence-electron chi connectivity index (χ0n) is 8.90. The molecule has 0 aliphatic heterocycles. The molecule has 0 radical (unpaired) electrons. The topological polar surface area (TPSA) is 81.0 Å². The quantitative estimate of drug-likeness (QED) is 0.780. The molecule has 0 atom stereocenters. The summed E-state index contributed by atoms with van der Waals surface area (Å²) in [6.07, 6.45) is 1.71. The number of anilines is 1. The van der Waals surface area contributed by atoms with Gasteiger partial charge in [-0.3, -0.25) is 5.10 Å². The molecule has 84 valence electrons. The van der Waals surface area contributed by atoms with Gasteiger partial charge in [-0.1, -0.05) is 0 Å². The first kappa shape index (κ1) is 10.7. The van der Waals surface area contributed by atoms with Crippen molar-refractivity contribution in [1.82, 2.24) is 10.2 Å². The molecule has 0 aliphatic carbocycles. The summed E-state index contributed by atoms with van der Waals surface area (Å²) in [5, 5.41) is 6.77. The predicted octanol–water partition coefficient (Wildman–Crippen LogP) is 1.82. The van der Waals surface area contributed by atoms with Crippen LogP contribution >= 0.6 is 11.3 Å². The van der Waals surface area contributed by atoms with E-state index in [9.17, 15) is 4.79 Å². The lowest BCUT2D eigenvalue weighted by atomic mass is 10.2. The second-order valence-corrected chi connectivity index (χ2v) is 4.35. The summed E-state index contributed by atoms with van der Waals surface area (Å²) >= 11 is 1.30. The Hall–Kier alpha value is -1.82. The highest BCUT2D eigenvalue weighted by atomic mass is 32.1. The number of hydrogen-bond donors (Lipinski definition) is 2. The van der Waals surface area contributed by atoms with Crippen LogP contribution in [0.4, 0.5) is 5.69 Å². The molecule has 3 N–H and O–H groups in total. The van der Waals surface area contributed by atoms with Crippen LogP contribution in [0.2, 0.25) is 0 Å². The van der Waals surface area contributed by atoms with Gasteiger partial charge in [-0.2, -0.15) is 5.10 Å². The second-order valence-electron chi connectivity index (χ2n) is 3.30.